The highest BCUT2D eigenvalue weighted by Gasteiger charge is 2.16. The van der Waals surface area contributed by atoms with Crippen molar-refractivity contribution in [3.8, 4) is 6.07 Å². The van der Waals surface area contributed by atoms with E-state index in [1.807, 2.05) is 11.0 Å². The van der Waals surface area contributed by atoms with Gasteiger partial charge in [0.25, 0.3) is 0 Å². The van der Waals surface area contributed by atoms with Crippen molar-refractivity contribution in [3.05, 3.63) is 0 Å². The second-order valence-electron chi connectivity index (χ2n) is 3.04. The highest BCUT2D eigenvalue weighted by atomic mass is 35.5. The van der Waals surface area contributed by atoms with Gasteiger partial charge < -0.3 is 5.32 Å². The first kappa shape index (κ1) is 10.3. The fourth-order valence-corrected chi connectivity index (χ4v) is 1.49. The molecule has 1 aliphatic rings. The number of hydrogen-bond donors (Lipinski definition) is 1. The predicted molar refractivity (Wildman–Crippen MR) is 49.3 cm³/mol. The van der Waals surface area contributed by atoms with Gasteiger partial charge in [-0.2, -0.15) is 5.26 Å². The molecular formula is C8H12ClN3O. The summed E-state index contributed by atoms with van der Waals surface area (Å²) in [5.41, 5.74) is 0. The topological polar surface area (TPSA) is 56.1 Å². The zero-order valence-electron chi connectivity index (χ0n) is 7.29. The van der Waals surface area contributed by atoms with E-state index in [-0.39, 0.29) is 5.91 Å². The van der Waals surface area contributed by atoms with Crippen molar-refractivity contribution in [2.45, 2.75) is 11.8 Å². The molecule has 1 fully saturated rings. The molecule has 0 saturated carbocycles. The number of alkyl halides is 1. The van der Waals surface area contributed by atoms with Gasteiger partial charge in [-0.25, -0.2) is 0 Å². The standard InChI is InChI=1S/C8H12ClN3O/c9-7(4-10)5-12-3-1-2-11-8(13)6-12/h7H,1-3,5-6H2,(H,11,13). The largest absolute Gasteiger partial charge is 0.355 e. The Balaban J connectivity index is 2.40. The molecule has 1 N–H and O–H groups in total. The maximum absolute atomic E-state index is 11.1. The third kappa shape index (κ3) is 3.62. The Labute approximate surface area is 82.5 Å². The molecule has 0 spiro atoms. The van der Waals surface area contributed by atoms with Gasteiger partial charge in [0.05, 0.1) is 12.6 Å². The first-order valence-electron chi connectivity index (χ1n) is 4.25. The number of nitriles is 1. The average molecular weight is 202 g/mol. The van der Waals surface area contributed by atoms with E-state index in [1.165, 1.54) is 0 Å². The number of nitrogens with zero attached hydrogens (tertiary/aromatic N) is 2. The number of halogens is 1. The Kier molecular flexibility index (Phi) is 4.00. The van der Waals surface area contributed by atoms with Crippen LogP contribution < -0.4 is 5.32 Å². The summed E-state index contributed by atoms with van der Waals surface area (Å²) in [6.07, 6.45) is 0.917. The van der Waals surface area contributed by atoms with Crippen LogP contribution in [-0.2, 0) is 4.79 Å². The smallest absolute Gasteiger partial charge is 0.234 e. The molecular weight excluding hydrogens is 190 g/mol. The van der Waals surface area contributed by atoms with E-state index in [0.717, 1.165) is 19.5 Å². The Hall–Kier alpha value is -0.790. The summed E-state index contributed by atoms with van der Waals surface area (Å²) in [5.74, 6) is 0.0132. The third-order valence-electron chi connectivity index (χ3n) is 1.90. The average Bonchev–Trinajstić information content (AvgIpc) is 2.30. The van der Waals surface area contributed by atoms with Gasteiger partial charge in [0.2, 0.25) is 5.91 Å². The summed E-state index contributed by atoms with van der Waals surface area (Å²) in [4.78, 5) is 13.0. The van der Waals surface area contributed by atoms with Gasteiger partial charge >= 0.3 is 0 Å². The summed E-state index contributed by atoms with van der Waals surface area (Å²) in [6.45, 7) is 2.36. The predicted octanol–water partition coefficient (Wildman–Crippen LogP) is -0.0607. The number of carbonyl (C=O) groups excluding carboxylic acids is 1. The first-order valence-corrected chi connectivity index (χ1v) is 4.69. The Morgan fingerprint density at radius 3 is 3.23 bits per heavy atom. The van der Waals surface area contributed by atoms with Crippen molar-refractivity contribution >= 4 is 17.5 Å². The SMILES string of the molecule is N#CC(Cl)CN1CCCNC(=O)C1. The molecule has 1 aliphatic heterocycles. The molecule has 1 atom stereocenters. The molecule has 0 aliphatic carbocycles. The molecule has 1 rings (SSSR count). The highest BCUT2D eigenvalue weighted by Crippen LogP contribution is 2.01. The first-order chi connectivity index (χ1) is 6.22. The van der Waals surface area contributed by atoms with Gasteiger partial charge in [-0.05, 0) is 6.42 Å². The molecule has 1 unspecified atom stereocenters. The van der Waals surface area contributed by atoms with Crippen molar-refractivity contribution in [2.24, 2.45) is 0 Å². The normalized spacial score (nSPS) is 21.4. The van der Waals surface area contributed by atoms with Gasteiger partial charge in [-0.1, -0.05) is 0 Å². The van der Waals surface area contributed by atoms with E-state index in [1.54, 1.807) is 0 Å². The Morgan fingerprint density at radius 2 is 2.54 bits per heavy atom. The zero-order valence-corrected chi connectivity index (χ0v) is 8.05. The van der Waals surface area contributed by atoms with E-state index < -0.39 is 5.38 Å². The summed E-state index contributed by atoms with van der Waals surface area (Å²) >= 11 is 5.67. The van der Waals surface area contributed by atoms with Gasteiger partial charge in [-0.15, -0.1) is 11.6 Å². The summed E-state index contributed by atoms with van der Waals surface area (Å²) in [7, 11) is 0. The lowest BCUT2D eigenvalue weighted by Gasteiger charge is -2.18. The van der Waals surface area contributed by atoms with Crippen LogP contribution in [0.3, 0.4) is 0 Å². The number of carbonyl (C=O) groups is 1. The molecule has 72 valence electrons. The maximum atomic E-state index is 11.1. The minimum absolute atomic E-state index is 0.0132. The van der Waals surface area contributed by atoms with E-state index in [4.69, 9.17) is 16.9 Å². The van der Waals surface area contributed by atoms with Crippen molar-refractivity contribution in [1.82, 2.24) is 10.2 Å². The second kappa shape index (κ2) is 5.05. The fraction of sp³-hybridized carbons (Fsp3) is 0.750. The zero-order chi connectivity index (χ0) is 9.68. The van der Waals surface area contributed by atoms with Gasteiger partial charge in [0.1, 0.15) is 5.38 Å². The molecule has 0 bridgehead atoms. The molecule has 1 saturated heterocycles. The quantitative estimate of drug-likeness (QED) is 0.637. The molecule has 4 nitrogen and oxygen atoms in total. The Bertz CT molecular complexity index is 226. The van der Waals surface area contributed by atoms with Crippen LogP contribution in [-0.4, -0.2) is 42.4 Å². The third-order valence-corrected chi connectivity index (χ3v) is 2.13. The molecule has 1 heterocycles. The highest BCUT2D eigenvalue weighted by molar-refractivity contribution is 6.22. The van der Waals surface area contributed by atoms with Crippen LogP contribution in [0.4, 0.5) is 0 Å². The molecule has 0 aromatic heterocycles. The molecule has 1 amide bonds. The molecule has 0 aromatic carbocycles. The van der Waals surface area contributed by atoms with E-state index >= 15 is 0 Å². The van der Waals surface area contributed by atoms with Crippen molar-refractivity contribution in [2.75, 3.05) is 26.2 Å². The van der Waals surface area contributed by atoms with Gasteiger partial charge in [-0.3, -0.25) is 9.69 Å². The minimum atomic E-state index is -0.522. The molecule has 5 heteroatoms. The van der Waals surface area contributed by atoms with Crippen LogP contribution in [0.2, 0.25) is 0 Å². The van der Waals surface area contributed by atoms with Crippen LogP contribution in [0.25, 0.3) is 0 Å². The minimum Gasteiger partial charge on any atom is -0.355 e. The van der Waals surface area contributed by atoms with Crippen molar-refractivity contribution < 1.29 is 4.79 Å². The summed E-state index contributed by atoms with van der Waals surface area (Å²) in [5, 5.41) is 10.7. The molecule has 0 radical (unpaired) electrons. The molecule has 13 heavy (non-hydrogen) atoms. The molecule has 0 aromatic rings. The summed E-state index contributed by atoms with van der Waals surface area (Å²) < 4.78 is 0. The lowest BCUT2D eigenvalue weighted by Crippen LogP contribution is -2.36. The lowest BCUT2D eigenvalue weighted by atomic mass is 10.3. The van der Waals surface area contributed by atoms with E-state index in [9.17, 15) is 4.79 Å². The monoisotopic (exact) mass is 201 g/mol. The summed E-state index contributed by atoms with van der Waals surface area (Å²) in [6, 6.07) is 1.94. The maximum Gasteiger partial charge on any atom is 0.234 e. The Morgan fingerprint density at radius 1 is 1.77 bits per heavy atom. The second-order valence-corrected chi connectivity index (χ2v) is 3.56. The van der Waals surface area contributed by atoms with Crippen LogP contribution in [0.15, 0.2) is 0 Å². The van der Waals surface area contributed by atoms with E-state index in [0.29, 0.717) is 13.1 Å². The number of rotatable bonds is 2. The van der Waals surface area contributed by atoms with Gasteiger partial charge in [0, 0.05) is 19.6 Å². The van der Waals surface area contributed by atoms with Crippen LogP contribution >= 0.6 is 11.6 Å². The lowest BCUT2D eigenvalue weighted by molar-refractivity contribution is -0.121. The van der Waals surface area contributed by atoms with Crippen LogP contribution in [0.1, 0.15) is 6.42 Å². The van der Waals surface area contributed by atoms with E-state index in [2.05, 4.69) is 5.32 Å². The van der Waals surface area contributed by atoms with Gasteiger partial charge in [0.15, 0.2) is 0 Å². The van der Waals surface area contributed by atoms with Crippen molar-refractivity contribution in [1.29, 1.82) is 5.26 Å². The van der Waals surface area contributed by atoms with Crippen molar-refractivity contribution in [3.63, 3.8) is 0 Å². The van der Waals surface area contributed by atoms with Crippen LogP contribution in [0.5, 0.6) is 0 Å². The number of nitrogens with one attached hydrogen (secondary N) is 1. The number of hydrogen-bond acceptors (Lipinski definition) is 3. The van der Waals surface area contributed by atoms with Crippen LogP contribution in [0, 0.1) is 11.3 Å². The fourth-order valence-electron chi connectivity index (χ4n) is 1.29. The number of amides is 1.